The van der Waals surface area contributed by atoms with E-state index in [0.717, 1.165) is 54.2 Å². The normalized spacial score (nSPS) is 17.8. The first kappa shape index (κ1) is 27.7. The average Bonchev–Trinajstić information content (AvgIpc) is 3.33. The quantitative estimate of drug-likeness (QED) is 0.288. The molecule has 8 heteroatoms. The molecule has 0 atom stereocenters. The number of pyridine rings is 1. The highest BCUT2D eigenvalue weighted by Gasteiger charge is 2.36. The van der Waals surface area contributed by atoms with Crippen molar-refractivity contribution in [1.29, 1.82) is 0 Å². The Morgan fingerprint density at radius 2 is 1.66 bits per heavy atom. The van der Waals surface area contributed by atoms with Crippen molar-refractivity contribution < 1.29 is 5.11 Å². The number of hydrogen-bond acceptors (Lipinski definition) is 7. The topological polar surface area (TPSA) is 82.3 Å². The molecule has 2 saturated heterocycles. The number of piperidine rings is 2. The minimum Gasteiger partial charge on any atom is -0.384 e. The molecule has 4 aromatic rings. The van der Waals surface area contributed by atoms with E-state index in [1.807, 2.05) is 24.4 Å². The van der Waals surface area contributed by atoms with Crippen molar-refractivity contribution in [2.75, 3.05) is 43.4 Å². The molecule has 6 rings (SSSR count). The van der Waals surface area contributed by atoms with Crippen molar-refractivity contribution in [2.45, 2.75) is 64.9 Å². The SMILES string of the molecule is CCCc1cc2cnc(Nc3ccc(N4CCC5(CCN(C)CC5)CC4)cc3)nc2n1-c1cccc(C(C)(C)O)n1. The van der Waals surface area contributed by atoms with Crippen LogP contribution in [-0.2, 0) is 12.0 Å². The zero-order valence-electron chi connectivity index (χ0n) is 24.9. The van der Waals surface area contributed by atoms with Gasteiger partial charge in [0.05, 0.1) is 5.69 Å². The van der Waals surface area contributed by atoms with Crippen molar-refractivity contribution in [3.05, 3.63) is 66.1 Å². The van der Waals surface area contributed by atoms with Gasteiger partial charge in [-0.15, -0.1) is 0 Å². The predicted octanol–water partition coefficient (Wildman–Crippen LogP) is 6.05. The van der Waals surface area contributed by atoms with Gasteiger partial charge in [0.1, 0.15) is 11.4 Å². The first-order chi connectivity index (χ1) is 19.7. The second-order valence-electron chi connectivity index (χ2n) is 12.6. The molecule has 1 spiro atoms. The maximum absolute atomic E-state index is 10.6. The molecular weight excluding hydrogens is 510 g/mol. The lowest BCUT2D eigenvalue weighted by Crippen LogP contribution is -2.46. The van der Waals surface area contributed by atoms with Crippen molar-refractivity contribution >= 4 is 28.4 Å². The van der Waals surface area contributed by atoms with E-state index in [1.165, 1.54) is 44.5 Å². The number of aromatic nitrogens is 4. The van der Waals surface area contributed by atoms with Gasteiger partial charge in [-0.05, 0) is 114 Å². The molecular formula is C33H43N7O. The van der Waals surface area contributed by atoms with E-state index in [0.29, 0.717) is 17.1 Å². The van der Waals surface area contributed by atoms with Gasteiger partial charge in [-0.1, -0.05) is 19.4 Å². The van der Waals surface area contributed by atoms with Crippen LogP contribution in [-0.4, -0.2) is 62.8 Å². The first-order valence-corrected chi connectivity index (χ1v) is 15.1. The number of aliphatic hydroxyl groups is 1. The van der Waals surface area contributed by atoms with Crippen LogP contribution in [0.25, 0.3) is 16.9 Å². The smallest absolute Gasteiger partial charge is 0.229 e. The molecule has 0 aliphatic carbocycles. The number of benzene rings is 1. The van der Waals surface area contributed by atoms with Crippen LogP contribution in [0.15, 0.2) is 54.7 Å². The molecule has 8 nitrogen and oxygen atoms in total. The lowest BCUT2D eigenvalue weighted by Gasteiger charge is -2.46. The minimum atomic E-state index is -1.03. The lowest BCUT2D eigenvalue weighted by atomic mass is 9.71. The molecule has 2 N–H and O–H groups in total. The van der Waals surface area contributed by atoms with Crippen LogP contribution < -0.4 is 10.2 Å². The summed E-state index contributed by atoms with van der Waals surface area (Å²) in [5, 5.41) is 14.9. The Labute approximate surface area is 243 Å². The van der Waals surface area contributed by atoms with Gasteiger partial charge in [0.2, 0.25) is 5.95 Å². The second-order valence-corrected chi connectivity index (χ2v) is 12.6. The third-order valence-electron chi connectivity index (χ3n) is 9.07. The van der Waals surface area contributed by atoms with Crippen LogP contribution in [0.2, 0.25) is 0 Å². The van der Waals surface area contributed by atoms with Gasteiger partial charge in [-0.25, -0.2) is 9.97 Å². The summed E-state index contributed by atoms with van der Waals surface area (Å²) in [5.74, 6) is 1.30. The van der Waals surface area contributed by atoms with Gasteiger partial charge in [0.25, 0.3) is 0 Å². The maximum atomic E-state index is 10.6. The minimum absolute atomic E-state index is 0.550. The highest BCUT2D eigenvalue weighted by molar-refractivity contribution is 5.80. The van der Waals surface area contributed by atoms with Gasteiger partial charge in [-0.2, -0.15) is 4.98 Å². The van der Waals surface area contributed by atoms with E-state index in [2.05, 4.69) is 69.0 Å². The van der Waals surface area contributed by atoms with Crippen LogP contribution >= 0.6 is 0 Å². The summed E-state index contributed by atoms with van der Waals surface area (Å²) in [5.41, 5.74) is 4.33. The van der Waals surface area contributed by atoms with Crippen LogP contribution in [0.1, 0.15) is 64.3 Å². The third kappa shape index (κ3) is 5.81. The fourth-order valence-corrected chi connectivity index (χ4v) is 6.40. The van der Waals surface area contributed by atoms with Gasteiger partial charge < -0.3 is 20.2 Å². The van der Waals surface area contributed by atoms with E-state index in [4.69, 9.17) is 9.97 Å². The number of fused-ring (bicyclic) bond motifs is 1. The summed E-state index contributed by atoms with van der Waals surface area (Å²) in [6.45, 7) is 10.4. The van der Waals surface area contributed by atoms with Crippen molar-refractivity contribution in [1.82, 2.24) is 24.4 Å². The second kappa shape index (κ2) is 11.1. The fourth-order valence-electron chi connectivity index (χ4n) is 6.40. The Hall–Kier alpha value is -3.49. The summed E-state index contributed by atoms with van der Waals surface area (Å²) >= 11 is 0. The number of nitrogens with one attached hydrogen (secondary N) is 1. The zero-order chi connectivity index (χ0) is 28.6. The van der Waals surface area contributed by atoms with Crippen molar-refractivity contribution in [2.24, 2.45) is 5.41 Å². The van der Waals surface area contributed by atoms with Crippen LogP contribution in [0.5, 0.6) is 0 Å². The number of nitrogens with zero attached hydrogens (tertiary/aromatic N) is 6. The number of hydrogen-bond donors (Lipinski definition) is 2. The molecule has 0 amide bonds. The molecule has 0 saturated carbocycles. The fraction of sp³-hybridized carbons (Fsp3) is 0.485. The lowest BCUT2D eigenvalue weighted by molar-refractivity contribution is 0.0738. The molecule has 2 fully saturated rings. The number of aryl methyl sites for hydroxylation is 1. The Morgan fingerprint density at radius 1 is 0.951 bits per heavy atom. The van der Waals surface area contributed by atoms with Crippen LogP contribution in [0.3, 0.4) is 0 Å². The van der Waals surface area contributed by atoms with Crippen molar-refractivity contribution in [3.63, 3.8) is 0 Å². The first-order valence-electron chi connectivity index (χ1n) is 15.1. The molecule has 216 valence electrons. The van der Waals surface area contributed by atoms with E-state index < -0.39 is 5.60 Å². The van der Waals surface area contributed by atoms with Crippen LogP contribution in [0.4, 0.5) is 17.3 Å². The Balaban J connectivity index is 1.20. The molecule has 2 aliphatic heterocycles. The van der Waals surface area contributed by atoms with Crippen LogP contribution in [0, 0.1) is 5.41 Å². The predicted molar refractivity (Wildman–Crippen MR) is 166 cm³/mol. The van der Waals surface area contributed by atoms with E-state index in [9.17, 15) is 5.11 Å². The maximum Gasteiger partial charge on any atom is 0.229 e. The molecule has 3 aromatic heterocycles. The number of rotatable bonds is 7. The van der Waals surface area contributed by atoms with E-state index in [1.54, 1.807) is 13.8 Å². The zero-order valence-corrected chi connectivity index (χ0v) is 24.9. The van der Waals surface area contributed by atoms with E-state index >= 15 is 0 Å². The largest absolute Gasteiger partial charge is 0.384 e. The molecule has 0 radical (unpaired) electrons. The van der Waals surface area contributed by atoms with Gasteiger partial charge in [0, 0.05) is 41.7 Å². The summed E-state index contributed by atoms with van der Waals surface area (Å²) in [4.78, 5) is 19.4. The molecule has 2 aliphatic rings. The van der Waals surface area contributed by atoms with Gasteiger partial charge >= 0.3 is 0 Å². The summed E-state index contributed by atoms with van der Waals surface area (Å²) in [6.07, 6.45) is 9.04. The van der Waals surface area contributed by atoms with Gasteiger partial charge in [-0.3, -0.25) is 4.57 Å². The number of likely N-dealkylation sites (tertiary alicyclic amines) is 1. The molecule has 0 bridgehead atoms. The highest BCUT2D eigenvalue weighted by atomic mass is 16.3. The average molecular weight is 554 g/mol. The van der Waals surface area contributed by atoms with E-state index in [-0.39, 0.29) is 0 Å². The molecule has 1 aromatic carbocycles. The summed E-state index contributed by atoms with van der Waals surface area (Å²) in [7, 11) is 2.25. The Kier molecular flexibility index (Phi) is 7.47. The third-order valence-corrected chi connectivity index (χ3v) is 9.07. The summed E-state index contributed by atoms with van der Waals surface area (Å²) in [6, 6.07) is 16.6. The standard InChI is InChI=1S/C33H43N7O/c1-5-7-27-22-24-23-34-31(37-30(24)40(27)29-9-6-8-28(36-29)32(2,3)41)35-25-10-12-26(13-11-25)39-20-16-33(17-21-39)14-18-38(4)19-15-33/h6,8-13,22-23,41H,5,7,14-21H2,1-4H3,(H,34,35,37). The molecule has 41 heavy (non-hydrogen) atoms. The Morgan fingerprint density at radius 3 is 2.34 bits per heavy atom. The highest BCUT2D eigenvalue weighted by Crippen LogP contribution is 2.42. The Bertz CT molecular complexity index is 1490. The molecule has 0 unspecified atom stereocenters. The van der Waals surface area contributed by atoms with Gasteiger partial charge in [0.15, 0.2) is 5.65 Å². The molecule has 5 heterocycles. The number of anilines is 3. The monoisotopic (exact) mass is 553 g/mol. The summed E-state index contributed by atoms with van der Waals surface area (Å²) < 4.78 is 2.09. The van der Waals surface area contributed by atoms with Crippen molar-refractivity contribution in [3.8, 4) is 5.82 Å².